The van der Waals surface area contributed by atoms with E-state index in [-0.39, 0.29) is 0 Å². The molecule has 3 aromatic rings. The molecule has 3 nitrogen and oxygen atoms in total. The summed E-state index contributed by atoms with van der Waals surface area (Å²) in [7, 11) is 2.95. The highest BCUT2D eigenvalue weighted by molar-refractivity contribution is 5.84. The molecule has 0 unspecified atom stereocenters. The second kappa shape index (κ2) is 8.38. The summed E-state index contributed by atoms with van der Waals surface area (Å²) < 4.78 is 89.3. The summed E-state index contributed by atoms with van der Waals surface area (Å²) in [5, 5.41) is 9.58. The van der Waals surface area contributed by atoms with Gasteiger partial charge in [-0.05, 0) is 34.4 Å². The van der Waals surface area contributed by atoms with Crippen molar-refractivity contribution >= 4 is 0 Å². The zero-order valence-corrected chi connectivity index (χ0v) is 16.9. The second-order valence-electron chi connectivity index (χ2n) is 6.90. The minimum Gasteiger partial charge on any atom is -0.493 e. The zero-order valence-electron chi connectivity index (χ0n) is 16.9. The number of rotatable bonds is 5. The van der Waals surface area contributed by atoms with Gasteiger partial charge in [0.15, 0.2) is 11.5 Å². The predicted octanol–water partition coefficient (Wildman–Crippen LogP) is 6.35. The fourth-order valence-corrected chi connectivity index (χ4v) is 3.37. The van der Waals surface area contributed by atoms with E-state index in [0.717, 1.165) is 12.1 Å². The van der Waals surface area contributed by atoms with Gasteiger partial charge in [0.1, 0.15) is 0 Å². The molecule has 170 valence electrons. The minimum absolute atomic E-state index is 0.367. The van der Waals surface area contributed by atoms with Gasteiger partial charge in [-0.25, -0.2) is 0 Å². The number of alkyl halides is 6. The van der Waals surface area contributed by atoms with Crippen LogP contribution in [0.5, 0.6) is 11.5 Å². The zero-order chi connectivity index (χ0) is 23.7. The summed E-state index contributed by atoms with van der Waals surface area (Å²) in [6.45, 7) is 0. The van der Waals surface area contributed by atoms with Crippen LogP contribution in [0.15, 0.2) is 66.7 Å². The van der Waals surface area contributed by atoms with Crippen LogP contribution in [0.3, 0.4) is 0 Å². The van der Waals surface area contributed by atoms with Crippen LogP contribution < -0.4 is 9.47 Å². The van der Waals surface area contributed by atoms with E-state index in [4.69, 9.17) is 9.47 Å². The molecule has 0 saturated carbocycles. The predicted molar refractivity (Wildman–Crippen MR) is 106 cm³/mol. The lowest BCUT2D eigenvalue weighted by atomic mass is 9.89. The highest BCUT2D eigenvalue weighted by Crippen LogP contribution is 2.50. The van der Waals surface area contributed by atoms with Crippen LogP contribution >= 0.6 is 0 Å². The lowest BCUT2D eigenvalue weighted by molar-refractivity contribution is -0.376. The van der Waals surface area contributed by atoms with Gasteiger partial charge in [0.05, 0.1) is 14.2 Å². The molecule has 1 N–H and O–H groups in total. The third-order valence-corrected chi connectivity index (χ3v) is 5.06. The lowest BCUT2D eigenvalue weighted by Crippen LogP contribution is -2.53. The Hall–Kier alpha value is -3.20. The molecule has 0 atom stereocenters. The number of aliphatic hydroxyl groups is 1. The topological polar surface area (TPSA) is 38.7 Å². The van der Waals surface area contributed by atoms with E-state index in [0.29, 0.717) is 45.9 Å². The van der Waals surface area contributed by atoms with Crippen LogP contribution in [0.25, 0.3) is 22.3 Å². The molecule has 0 radical (unpaired) electrons. The van der Waals surface area contributed by atoms with Gasteiger partial charge in [0.2, 0.25) is 0 Å². The van der Waals surface area contributed by atoms with Gasteiger partial charge in [-0.3, -0.25) is 0 Å². The van der Waals surface area contributed by atoms with Crippen LogP contribution in [0.4, 0.5) is 26.3 Å². The van der Waals surface area contributed by atoms with E-state index >= 15 is 0 Å². The molecule has 9 heteroatoms. The molecule has 0 amide bonds. The molecule has 3 rings (SSSR count). The fraction of sp³-hybridized carbons (Fsp3) is 0.217. The monoisotopic (exact) mass is 456 g/mol. The first kappa shape index (κ1) is 23.5. The van der Waals surface area contributed by atoms with Crippen molar-refractivity contribution in [3.05, 3.63) is 72.3 Å². The van der Waals surface area contributed by atoms with E-state index < -0.39 is 23.5 Å². The smallest absolute Gasteiger partial charge is 0.430 e. The van der Waals surface area contributed by atoms with E-state index in [9.17, 15) is 31.4 Å². The molecule has 32 heavy (non-hydrogen) atoms. The van der Waals surface area contributed by atoms with E-state index in [1.54, 1.807) is 42.5 Å². The lowest BCUT2D eigenvalue weighted by Gasteiger charge is -2.32. The summed E-state index contributed by atoms with van der Waals surface area (Å²) in [4.78, 5) is 0. The van der Waals surface area contributed by atoms with Gasteiger partial charge in [-0.2, -0.15) is 26.3 Å². The normalized spacial score (nSPS) is 12.5. The molecule has 0 spiro atoms. The number of halogens is 6. The van der Waals surface area contributed by atoms with Gasteiger partial charge < -0.3 is 14.6 Å². The molecular formula is C23H18F6O3. The van der Waals surface area contributed by atoms with Crippen molar-refractivity contribution in [2.45, 2.75) is 18.0 Å². The van der Waals surface area contributed by atoms with E-state index in [1.807, 2.05) is 0 Å². The molecule has 0 heterocycles. The molecule has 0 aromatic heterocycles. The van der Waals surface area contributed by atoms with Gasteiger partial charge in [-0.15, -0.1) is 0 Å². The van der Waals surface area contributed by atoms with Crippen LogP contribution in [0.1, 0.15) is 5.56 Å². The molecule has 0 aliphatic heterocycles. The van der Waals surface area contributed by atoms with E-state index in [1.165, 1.54) is 14.2 Å². The second-order valence-corrected chi connectivity index (χ2v) is 6.90. The van der Waals surface area contributed by atoms with Gasteiger partial charge in [0, 0.05) is 5.56 Å². The summed E-state index contributed by atoms with van der Waals surface area (Å²) in [5.41, 5.74) is -3.99. The highest BCUT2D eigenvalue weighted by atomic mass is 19.4. The summed E-state index contributed by atoms with van der Waals surface area (Å²) in [6, 6.07) is 15.5. The van der Waals surface area contributed by atoms with Crippen molar-refractivity contribution in [1.29, 1.82) is 0 Å². The average Bonchev–Trinajstić information content (AvgIpc) is 2.76. The maximum atomic E-state index is 13.1. The summed E-state index contributed by atoms with van der Waals surface area (Å²) in [6.07, 6.45) is -11.9. The fourth-order valence-electron chi connectivity index (χ4n) is 3.37. The first-order valence-corrected chi connectivity index (χ1v) is 9.22. The van der Waals surface area contributed by atoms with Gasteiger partial charge >= 0.3 is 12.4 Å². The number of hydrogen-bond acceptors (Lipinski definition) is 3. The Kier molecular flexibility index (Phi) is 6.15. The van der Waals surface area contributed by atoms with Crippen molar-refractivity contribution < 1.29 is 40.9 Å². The van der Waals surface area contributed by atoms with Crippen molar-refractivity contribution in [2.75, 3.05) is 14.2 Å². The largest absolute Gasteiger partial charge is 0.493 e. The molecular weight excluding hydrogens is 438 g/mol. The standard InChI is InChI=1S/C23H18F6O3/c1-31-19-12-9-15(13-20(19)32-2)18-6-4-3-5-17(18)14-7-10-16(11-8-14)21(30,22(24,25)26)23(27,28)29/h3-13,30H,1-2H3. The molecule has 0 aliphatic rings. The molecule has 0 bridgehead atoms. The van der Waals surface area contributed by atoms with Crippen LogP contribution in [0, 0.1) is 0 Å². The molecule has 0 saturated heterocycles. The Labute approximate surface area is 179 Å². The van der Waals surface area contributed by atoms with Crippen LogP contribution in [-0.4, -0.2) is 31.7 Å². The number of ether oxygens (including phenoxy) is 2. The van der Waals surface area contributed by atoms with Crippen molar-refractivity contribution in [1.82, 2.24) is 0 Å². The minimum atomic E-state index is -5.94. The Morgan fingerprint density at radius 3 is 1.56 bits per heavy atom. The summed E-state index contributed by atoms with van der Waals surface area (Å²) in [5.74, 6) is 0.951. The van der Waals surface area contributed by atoms with Gasteiger partial charge in [-0.1, -0.05) is 54.6 Å². The van der Waals surface area contributed by atoms with Gasteiger partial charge in [0.25, 0.3) is 5.60 Å². The average molecular weight is 456 g/mol. The Balaban J connectivity index is 2.09. The summed E-state index contributed by atoms with van der Waals surface area (Å²) >= 11 is 0. The molecule has 3 aromatic carbocycles. The van der Waals surface area contributed by atoms with E-state index in [2.05, 4.69) is 0 Å². The number of hydrogen-bond donors (Lipinski definition) is 1. The SMILES string of the molecule is COc1ccc(-c2ccccc2-c2ccc(C(O)(C(F)(F)F)C(F)(F)F)cc2)cc1OC. The highest BCUT2D eigenvalue weighted by Gasteiger charge is 2.71. The first-order valence-electron chi connectivity index (χ1n) is 9.22. The van der Waals surface area contributed by atoms with Crippen molar-refractivity contribution in [2.24, 2.45) is 0 Å². The number of methoxy groups -OCH3 is 2. The third kappa shape index (κ3) is 4.00. The van der Waals surface area contributed by atoms with Crippen molar-refractivity contribution in [3.63, 3.8) is 0 Å². The van der Waals surface area contributed by atoms with Crippen LogP contribution in [0.2, 0.25) is 0 Å². The third-order valence-electron chi connectivity index (χ3n) is 5.06. The molecule has 0 aliphatic carbocycles. The quantitative estimate of drug-likeness (QED) is 0.455. The Morgan fingerprint density at radius 2 is 1.09 bits per heavy atom. The van der Waals surface area contributed by atoms with Crippen LogP contribution in [-0.2, 0) is 5.60 Å². The maximum absolute atomic E-state index is 13.1. The number of benzene rings is 3. The maximum Gasteiger partial charge on any atom is 0.430 e. The Morgan fingerprint density at radius 1 is 0.625 bits per heavy atom. The van der Waals surface area contributed by atoms with Crippen molar-refractivity contribution in [3.8, 4) is 33.8 Å². The Bertz CT molecular complexity index is 1070. The first-order chi connectivity index (χ1) is 14.9. The molecule has 0 fully saturated rings.